The van der Waals surface area contributed by atoms with Gasteiger partial charge in [-0.1, -0.05) is 12.4 Å². The van der Waals surface area contributed by atoms with E-state index in [-0.39, 0.29) is 0 Å². The summed E-state index contributed by atoms with van der Waals surface area (Å²) in [6.07, 6.45) is 1.79. The van der Waals surface area contributed by atoms with Crippen LogP contribution in [-0.4, -0.2) is 12.1 Å². The van der Waals surface area contributed by atoms with Crippen LogP contribution in [0, 0.1) is 0 Å². The average Bonchev–Trinajstić information content (AvgIpc) is 1.32. The van der Waals surface area contributed by atoms with Crippen LogP contribution in [0.15, 0.2) is 12.0 Å². The van der Waals surface area contributed by atoms with Crippen molar-refractivity contribution < 1.29 is 0 Å². The Morgan fingerprint density at radius 1 is 1.86 bits per heavy atom. The minimum Gasteiger partial charge on any atom is -0.288 e. The van der Waals surface area contributed by atoms with Crippen molar-refractivity contribution in [1.29, 1.82) is 0 Å². The Kier molecular flexibility index (Phi) is 1.42. The molecule has 44 valence electrons. The molecule has 0 saturated heterocycles. The van der Waals surface area contributed by atoms with Gasteiger partial charge in [0.25, 0.3) is 0 Å². The lowest BCUT2D eigenvalue weighted by atomic mass is 11.3. The molecular formula is C4H11NS2. The van der Waals surface area contributed by atoms with Gasteiger partial charge in [0.15, 0.2) is 0 Å². The van der Waals surface area contributed by atoms with E-state index in [0.29, 0.717) is 0 Å². The summed E-state index contributed by atoms with van der Waals surface area (Å²) >= 11 is 4.07. The smallest absolute Gasteiger partial charge is 0.0159 e. The Morgan fingerprint density at radius 3 is 2.00 bits per heavy atom. The number of nitrogens with two attached hydrogens (primary N) is 1. The van der Waals surface area contributed by atoms with Crippen molar-refractivity contribution in [1.82, 2.24) is 0 Å². The second kappa shape index (κ2) is 1.37. The SMILES string of the molecule is C=CS(=C)(C)(N)S. The van der Waals surface area contributed by atoms with Crippen LogP contribution in [0.25, 0.3) is 0 Å². The van der Waals surface area contributed by atoms with Gasteiger partial charge in [0, 0.05) is 0 Å². The van der Waals surface area contributed by atoms with E-state index in [1.807, 2.05) is 0 Å². The lowest BCUT2D eigenvalue weighted by Gasteiger charge is -2.28. The molecule has 0 bridgehead atoms. The van der Waals surface area contributed by atoms with Crippen molar-refractivity contribution >= 4 is 25.5 Å². The summed E-state index contributed by atoms with van der Waals surface area (Å²) in [5.41, 5.74) is 0. The van der Waals surface area contributed by atoms with Gasteiger partial charge in [-0.2, -0.15) is 7.97 Å². The first-order valence-electron chi connectivity index (χ1n) is 1.76. The van der Waals surface area contributed by atoms with E-state index in [2.05, 4.69) is 24.1 Å². The van der Waals surface area contributed by atoms with E-state index >= 15 is 0 Å². The summed E-state index contributed by atoms with van der Waals surface area (Å²) in [5.74, 6) is 3.65. The van der Waals surface area contributed by atoms with Gasteiger partial charge in [0.05, 0.1) is 0 Å². The molecule has 0 aliphatic heterocycles. The van der Waals surface area contributed by atoms with Crippen LogP contribution in [0.5, 0.6) is 0 Å². The molecule has 0 heterocycles. The van der Waals surface area contributed by atoms with Crippen molar-refractivity contribution in [3.8, 4) is 0 Å². The third-order valence-corrected chi connectivity index (χ3v) is 1.81. The first-order chi connectivity index (χ1) is 2.81. The zero-order chi connectivity index (χ0) is 6.15. The fourth-order valence-electron chi connectivity index (χ4n) is 0. The lowest BCUT2D eigenvalue weighted by molar-refractivity contribution is 1.95. The van der Waals surface area contributed by atoms with E-state index in [0.717, 1.165) is 0 Å². The minimum atomic E-state index is -2.16. The number of thiol groups is 1. The molecule has 7 heavy (non-hydrogen) atoms. The molecule has 0 fully saturated rings. The Morgan fingerprint density at radius 2 is 2.00 bits per heavy atom. The highest BCUT2D eigenvalue weighted by molar-refractivity contribution is 8.95. The summed E-state index contributed by atoms with van der Waals surface area (Å²) in [4.78, 5) is 0. The average molecular weight is 137 g/mol. The van der Waals surface area contributed by atoms with Gasteiger partial charge in [-0.15, -0.1) is 11.7 Å². The van der Waals surface area contributed by atoms with E-state index in [4.69, 9.17) is 5.14 Å². The lowest BCUT2D eigenvalue weighted by Crippen LogP contribution is -2.04. The molecule has 0 spiro atoms. The normalized spacial score (nSPS) is 17.3. The van der Waals surface area contributed by atoms with Gasteiger partial charge in [0.1, 0.15) is 0 Å². The molecule has 0 aromatic heterocycles. The third-order valence-electron chi connectivity index (χ3n) is 0.455. The van der Waals surface area contributed by atoms with Crippen LogP contribution in [0.3, 0.4) is 0 Å². The first kappa shape index (κ1) is 7.27. The van der Waals surface area contributed by atoms with Crippen molar-refractivity contribution in [2.45, 2.75) is 0 Å². The summed E-state index contributed by atoms with van der Waals surface area (Å²) < 4.78 is 0. The second-order valence-electron chi connectivity index (χ2n) is 1.92. The number of hydrogen-bond acceptors (Lipinski definition) is 2. The summed E-state index contributed by atoms with van der Waals surface area (Å²) in [6, 6.07) is 0. The Hall–Kier alpha value is 0.270. The molecule has 0 atom stereocenters. The monoisotopic (exact) mass is 137 g/mol. The van der Waals surface area contributed by atoms with Gasteiger partial charge in [-0.05, 0) is 11.7 Å². The predicted octanol–water partition coefficient (Wildman–Crippen LogP) is 1.25. The molecule has 0 aliphatic rings. The van der Waals surface area contributed by atoms with Crippen LogP contribution >= 0.6 is 19.6 Å². The molecular weight excluding hydrogens is 126 g/mol. The Bertz CT molecular complexity index is 131. The van der Waals surface area contributed by atoms with Crippen molar-refractivity contribution in [3.05, 3.63) is 12.0 Å². The van der Waals surface area contributed by atoms with E-state index in [1.165, 1.54) is 0 Å². The molecule has 1 nitrogen and oxygen atoms in total. The van der Waals surface area contributed by atoms with Crippen LogP contribution in [0.4, 0.5) is 0 Å². The highest BCUT2D eigenvalue weighted by Crippen LogP contribution is 2.50. The molecule has 0 aromatic carbocycles. The molecule has 0 amide bonds. The van der Waals surface area contributed by atoms with Crippen LogP contribution in [0.2, 0.25) is 0 Å². The molecule has 2 N–H and O–H groups in total. The fraction of sp³-hybridized carbons (Fsp3) is 0.250. The van der Waals surface area contributed by atoms with E-state index < -0.39 is 7.97 Å². The minimum absolute atomic E-state index is 1.60. The Balaban J connectivity index is 4.46. The van der Waals surface area contributed by atoms with Gasteiger partial charge in [-0.3, -0.25) is 5.14 Å². The summed E-state index contributed by atoms with van der Waals surface area (Å²) in [7, 11) is -2.16. The van der Waals surface area contributed by atoms with Crippen LogP contribution in [0.1, 0.15) is 0 Å². The fourth-order valence-corrected chi connectivity index (χ4v) is 0. The second-order valence-corrected chi connectivity index (χ2v) is 8.89. The van der Waals surface area contributed by atoms with Gasteiger partial charge >= 0.3 is 0 Å². The van der Waals surface area contributed by atoms with Gasteiger partial charge < -0.3 is 0 Å². The molecule has 0 saturated carbocycles. The quantitative estimate of drug-likeness (QED) is 0.317. The van der Waals surface area contributed by atoms with E-state index in [1.54, 1.807) is 11.7 Å². The van der Waals surface area contributed by atoms with Crippen LogP contribution < -0.4 is 5.14 Å². The molecule has 0 aromatic rings. The molecule has 0 unspecified atom stereocenters. The maximum atomic E-state index is 5.52. The van der Waals surface area contributed by atoms with Gasteiger partial charge in [0.2, 0.25) is 0 Å². The maximum Gasteiger partial charge on any atom is -0.0159 e. The summed E-state index contributed by atoms with van der Waals surface area (Å²) in [6.45, 7) is 3.49. The van der Waals surface area contributed by atoms with Crippen LogP contribution in [-0.2, 0) is 0 Å². The van der Waals surface area contributed by atoms with Crippen molar-refractivity contribution in [3.63, 3.8) is 0 Å². The van der Waals surface area contributed by atoms with Gasteiger partial charge in [-0.25, -0.2) is 0 Å². The number of hydrogen-bond donors (Lipinski definition) is 2. The first-order valence-corrected chi connectivity index (χ1v) is 5.56. The zero-order valence-corrected chi connectivity index (χ0v) is 6.14. The Labute approximate surface area is 49.4 Å². The standard InChI is InChI=1S/C4H11NS2/c1-4-7(2,3,5)6/h4,6H,1-2,5H2,3H3. The molecule has 3 heteroatoms. The topological polar surface area (TPSA) is 26.0 Å². The largest absolute Gasteiger partial charge is 0.288 e. The third kappa shape index (κ3) is 6.27. The summed E-state index contributed by atoms with van der Waals surface area (Å²) in [5, 5.41) is 7.12. The molecule has 0 radical (unpaired) electrons. The van der Waals surface area contributed by atoms with E-state index in [9.17, 15) is 0 Å². The highest BCUT2D eigenvalue weighted by Gasteiger charge is 2.02. The molecule has 0 rings (SSSR count). The predicted molar refractivity (Wildman–Crippen MR) is 44.0 cm³/mol. The highest BCUT2D eigenvalue weighted by atomic mass is 33.2. The number of rotatable bonds is 1. The van der Waals surface area contributed by atoms with Crippen molar-refractivity contribution in [2.24, 2.45) is 5.14 Å². The zero-order valence-electron chi connectivity index (χ0n) is 4.42. The molecule has 0 aliphatic carbocycles. The maximum absolute atomic E-state index is 5.52. The van der Waals surface area contributed by atoms with Crippen molar-refractivity contribution in [2.75, 3.05) is 6.26 Å².